The van der Waals surface area contributed by atoms with Crippen LogP contribution in [0.5, 0.6) is 0 Å². The predicted molar refractivity (Wildman–Crippen MR) is 98.0 cm³/mol. The zero-order chi connectivity index (χ0) is 21.1. The number of nitrogens with zero attached hydrogens (tertiary/aromatic N) is 1. The molecule has 3 rings (SSSR count). The van der Waals surface area contributed by atoms with Gasteiger partial charge in [-0.1, -0.05) is 0 Å². The molecule has 29 heavy (non-hydrogen) atoms. The summed E-state index contributed by atoms with van der Waals surface area (Å²) in [6, 6.07) is 8.22. The molecule has 0 aliphatic carbocycles. The molecule has 150 valence electrons. The van der Waals surface area contributed by atoms with Gasteiger partial charge in [0.25, 0.3) is 5.91 Å². The molecule has 2 aromatic rings. The SMILES string of the molecule is C[C@@H](OC(=O)c1ccc(N2C(=O)CCC2=O)cc1)C(=O)Nc1ccc(F)cc1F. The molecule has 7 nitrogen and oxygen atoms in total. The van der Waals surface area contributed by atoms with Gasteiger partial charge < -0.3 is 10.1 Å². The minimum absolute atomic E-state index is 0.0976. The molecule has 9 heteroatoms. The second kappa shape index (κ2) is 8.17. The fraction of sp³-hybridized carbons (Fsp3) is 0.200. The van der Waals surface area contributed by atoms with Crippen molar-refractivity contribution in [1.29, 1.82) is 0 Å². The van der Waals surface area contributed by atoms with E-state index in [-0.39, 0.29) is 35.9 Å². The molecule has 1 aliphatic rings. The van der Waals surface area contributed by atoms with E-state index in [1.807, 2.05) is 0 Å². The fourth-order valence-corrected chi connectivity index (χ4v) is 2.72. The number of hydrogen-bond donors (Lipinski definition) is 1. The van der Waals surface area contributed by atoms with Gasteiger partial charge in [0.05, 0.1) is 16.9 Å². The number of rotatable bonds is 5. The van der Waals surface area contributed by atoms with Gasteiger partial charge in [-0.2, -0.15) is 0 Å². The number of ether oxygens (including phenoxy) is 1. The van der Waals surface area contributed by atoms with Crippen LogP contribution in [-0.4, -0.2) is 29.8 Å². The highest BCUT2D eigenvalue weighted by atomic mass is 19.1. The maximum atomic E-state index is 13.6. The predicted octanol–water partition coefficient (Wildman–Crippen LogP) is 2.80. The van der Waals surface area contributed by atoms with Gasteiger partial charge >= 0.3 is 5.97 Å². The number of carbonyl (C=O) groups is 4. The second-order valence-electron chi connectivity index (χ2n) is 6.33. The van der Waals surface area contributed by atoms with Gasteiger partial charge in [-0.05, 0) is 43.3 Å². The molecule has 1 heterocycles. The lowest BCUT2D eigenvalue weighted by molar-refractivity contribution is -0.124. The van der Waals surface area contributed by atoms with Crippen molar-refractivity contribution in [3.05, 3.63) is 59.7 Å². The maximum Gasteiger partial charge on any atom is 0.338 e. The molecule has 1 N–H and O–H groups in total. The lowest BCUT2D eigenvalue weighted by atomic mass is 10.2. The van der Waals surface area contributed by atoms with E-state index in [0.717, 1.165) is 17.0 Å². The topological polar surface area (TPSA) is 92.8 Å². The van der Waals surface area contributed by atoms with Crippen molar-refractivity contribution in [2.24, 2.45) is 0 Å². The largest absolute Gasteiger partial charge is 0.449 e. The standard InChI is InChI=1S/C20H16F2N2O5/c1-11(19(27)23-16-7-4-13(21)10-15(16)22)29-20(28)12-2-5-14(6-3-12)24-17(25)8-9-18(24)26/h2-7,10-11H,8-9H2,1H3,(H,23,27)/t11-/m1/s1. The van der Waals surface area contributed by atoms with Gasteiger partial charge in [0.1, 0.15) is 11.6 Å². The van der Waals surface area contributed by atoms with E-state index in [9.17, 15) is 28.0 Å². The van der Waals surface area contributed by atoms with Crippen molar-refractivity contribution in [3.63, 3.8) is 0 Å². The molecular formula is C20H16F2N2O5. The lowest BCUT2D eigenvalue weighted by Crippen LogP contribution is -2.30. The third-order valence-electron chi connectivity index (χ3n) is 4.25. The number of esters is 1. The van der Waals surface area contributed by atoms with Crippen LogP contribution < -0.4 is 10.2 Å². The first-order chi connectivity index (χ1) is 13.8. The van der Waals surface area contributed by atoms with Gasteiger partial charge in [0, 0.05) is 18.9 Å². The van der Waals surface area contributed by atoms with E-state index in [0.29, 0.717) is 11.8 Å². The van der Waals surface area contributed by atoms with Crippen molar-refractivity contribution in [3.8, 4) is 0 Å². The van der Waals surface area contributed by atoms with Crippen molar-refractivity contribution in [2.45, 2.75) is 25.9 Å². The average Bonchev–Trinajstić information content (AvgIpc) is 3.02. The number of nitrogens with one attached hydrogen (secondary N) is 1. The fourth-order valence-electron chi connectivity index (χ4n) is 2.72. The summed E-state index contributed by atoms with van der Waals surface area (Å²) in [5.74, 6) is -4.00. The Kier molecular flexibility index (Phi) is 5.67. The summed E-state index contributed by atoms with van der Waals surface area (Å²) < 4.78 is 31.6. The maximum absolute atomic E-state index is 13.6. The van der Waals surface area contributed by atoms with Crippen molar-refractivity contribution < 1.29 is 32.7 Å². The van der Waals surface area contributed by atoms with Crippen LogP contribution in [0, 0.1) is 11.6 Å². The van der Waals surface area contributed by atoms with Gasteiger partial charge in [-0.3, -0.25) is 19.3 Å². The van der Waals surface area contributed by atoms with Crippen molar-refractivity contribution >= 4 is 35.1 Å². The number of hydrogen-bond acceptors (Lipinski definition) is 5. The Morgan fingerprint density at radius 2 is 1.66 bits per heavy atom. The molecule has 1 aliphatic heterocycles. The van der Waals surface area contributed by atoms with Gasteiger partial charge in [0.15, 0.2) is 6.10 Å². The molecule has 0 radical (unpaired) electrons. The smallest absolute Gasteiger partial charge is 0.338 e. The van der Waals surface area contributed by atoms with Gasteiger partial charge in [-0.15, -0.1) is 0 Å². The van der Waals surface area contributed by atoms with Crippen LogP contribution in [-0.2, 0) is 19.1 Å². The molecular weight excluding hydrogens is 386 g/mol. The Hall–Kier alpha value is -3.62. The van der Waals surface area contributed by atoms with E-state index in [1.54, 1.807) is 0 Å². The van der Waals surface area contributed by atoms with Crippen LogP contribution >= 0.6 is 0 Å². The minimum atomic E-state index is -1.26. The molecule has 0 bridgehead atoms. The first-order valence-corrected chi connectivity index (χ1v) is 8.69. The van der Waals surface area contributed by atoms with E-state index in [2.05, 4.69) is 5.32 Å². The quantitative estimate of drug-likeness (QED) is 0.613. The second-order valence-corrected chi connectivity index (χ2v) is 6.33. The number of imide groups is 1. The Morgan fingerprint density at radius 3 is 2.24 bits per heavy atom. The van der Waals surface area contributed by atoms with E-state index >= 15 is 0 Å². The molecule has 0 spiro atoms. The van der Waals surface area contributed by atoms with E-state index < -0.39 is 29.6 Å². The summed E-state index contributed by atoms with van der Waals surface area (Å²) in [5, 5.41) is 2.21. The highest BCUT2D eigenvalue weighted by molar-refractivity contribution is 6.19. The van der Waals surface area contributed by atoms with Gasteiger partial charge in [0.2, 0.25) is 11.8 Å². The van der Waals surface area contributed by atoms with Crippen molar-refractivity contribution in [1.82, 2.24) is 0 Å². The van der Waals surface area contributed by atoms with Crippen LogP contribution in [0.4, 0.5) is 20.2 Å². The summed E-state index contributed by atoms with van der Waals surface area (Å²) in [5.41, 5.74) is 0.190. The number of halogens is 2. The van der Waals surface area contributed by atoms with Crippen LogP contribution in [0.1, 0.15) is 30.1 Å². The number of benzene rings is 2. The Labute approximate surface area is 164 Å². The molecule has 2 aromatic carbocycles. The zero-order valence-corrected chi connectivity index (χ0v) is 15.3. The monoisotopic (exact) mass is 402 g/mol. The number of anilines is 2. The first-order valence-electron chi connectivity index (χ1n) is 8.69. The normalized spacial score (nSPS) is 14.7. The lowest BCUT2D eigenvalue weighted by Gasteiger charge is -2.15. The molecule has 3 amide bonds. The number of amides is 3. The van der Waals surface area contributed by atoms with E-state index in [4.69, 9.17) is 4.74 Å². The van der Waals surface area contributed by atoms with Crippen LogP contribution in [0.25, 0.3) is 0 Å². The van der Waals surface area contributed by atoms with Crippen molar-refractivity contribution in [2.75, 3.05) is 10.2 Å². The van der Waals surface area contributed by atoms with Gasteiger partial charge in [-0.25, -0.2) is 13.6 Å². The third kappa shape index (κ3) is 4.45. The van der Waals surface area contributed by atoms with Crippen LogP contribution in [0.15, 0.2) is 42.5 Å². The highest BCUT2D eigenvalue weighted by Crippen LogP contribution is 2.23. The Morgan fingerprint density at radius 1 is 1.03 bits per heavy atom. The third-order valence-corrected chi connectivity index (χ3v) is 4.25. The Bertz CT molecular complexity index is 975. The minimum Gasteiger partial charge on any atom is -0.449 e. The molecule has 0 saturated carbocycles. The number of carbonyl (C=O) groups excluding carboxylic acids is 4. The first kappa shape index (κ1) is 20.1. The zero-order valence-electron chi connectivity index (χ0n) is 15.3. The summed E-state index contributed by atoms with van der Waals surface area (Å²) in [6.45, 7) is 1.30. The summed E-state index contributed by atoms with van der Waals surface area (Å²) >= 11 is 0. The highest BCUT2D eigenvalue weighted by Gasteiger charge is 2.30. The molecule has 1 fully saturated rings. The molecule has 1 atom stereocenters. The molecule has 0 aromatic heterocycles. The van der Waals surface area contributed by atoms with Crippen LogP contribution in [0.2, 0.25) is 0 Å². The Balaban J connectivity index is 1.62. The molecule has 1 saturated heterocycles. The summed E-state index contributed by atoms with van der Waals surface area (Å²) in [7, 11) is 0. The average molecular weight is 402 g/mol. The molecule has 0 unspecified atom stereocenters. The summed E-state index contributed by atoms with van der Waals surface area (Å²) in [6.07, 6.45) is -0.971. The summed E-state index contributed by atoms with van der Waals surface area (Å²) in [4.78, 5) is 48.8. The van der Waals surface area contributed by atoms with E-state index in [1.165, 1.54) is 31.2 Å². The van der Waals surface area contributed by atoms with Crippen LogP contribution in [0.3, 0.4) is 0 Å².